The minimum Gasteiger partial charge on any atom is -0.456 e. The molecule has 39 rings (SSSR count). The molecule has 12 bridgehead atoms. The summed E-state index contributed by atoms with van der Waals surface area (Å²) in [5.41, 5.74) is 40.3. The van der Waals surface area contributed by atoms with Gasteiger partial charge in [-0.25, -0.2) is 0 Å². The lowest BCUT2D eigenvalue weighted by molar-refractivity contribution is -0.0399. The average Bonchev–Trinajstić information content (AvgIpc) is 1.51. The fourth-order valence-electron chi connectivity index (χ4n) is 35.0. The minimum atomic E-state index is 0.154. The molecule has 24 aromatic rings. The lowest BCUT2D eigenvalue weighted by Gasteiger charge is -2.61. The lowest BCUT2D eigenvalue weighted by Crippen LogP contribution is -2.55. The number of rotatable bonds is 6. The number of thiophene rings is 2. The van der Waals surface area contributed by atoms with Crippen LogP contribution in [0.5, 0.6) is 0 Å². The number of furan rings is 1. The van der Waals surface area contributed by atoms with Gasteiger partial charge in [-0.3, -0.25) is 0 Å². The standard InChI is InChI=1S/C46H35NO.2C46H35NS/c1-4-10-40-34(7-1)35-18-15-33(26-41(35)46(40)31-20-27-19-28(22-31)23-32(46)21-27)47-42-11-5-2-8-36(42)37-16-13-29(24-43(37)47)30-14-17-39-38-9-3-6-12-44(38)48-45(39)25-30;1-4-15-39-32(9-1)33-20-19-31(26-40(33)46(39)29-22-27-21-28(24-29)25-30(46)23-27)47-41-16-5-2-11-38(41)44-35(12-8-17-42(44)47)37-14-7-13-36-34-10-3-6-18-43(34)48-45(36)37;1-4-13-40-34(8-1)35-18-17-32(26-41(35)46(40)30-21-27-20-28(23-30)24-31(46)22-27)47-42-14-5-2-9-36(42)39-25-29(16-19-43(39)47)33-11-7-12-38-37-10-3-6-15-44(37)48-45(33)38/h1-18,24-28,31-32H,19-23H2;1-20,26-30H,21-25H2;1-19,25-28,30-31H,20-24H2. The van der Waals surface area contributed by atoms with Crippen LogP contribution in [0.1, 0.15) is 130 Å². The van der Waals surface area contributed by atoms with E-state index in [1.807, 2.05) is 28.7 Å². The Morgan fingerprint density at radius 1 is 0.194 bits per heavy atom. The maximum atomic E-state index is 6.30. The average molecular weight is 1890 g/mol. The molecule has 690 valence electrons. The SMILES string of the molecule is c1ccc2c(c1)-c1ccc(-n3c4ccccc4c4c(-c5cccc6c5sc5ccccc56)cccc43)cc1C21C2CC3CC(C2)CC1C3.c1ccc2c(c1)-c1ccc(-n3c4ccccc4c4cc(-c5cccc6c5sc5ccccc56)ccc43)cc1C21C2CC3CC(C2)CC1C3.c1ccc2c(c1)-c1ccc(-n3c4ccccc4c4ccc(-c5ccc6c(c5)oc5ccccc56)cc43)cc1C21C2CC3CC(C2)CC1C3. The molecule has 18 aromatic carbocycles. The molecule has 6 aromatic heterocycles. The Balaban J connectivity index is 0.0000000932. The molecule has 12 fully saturated rings. The van der Waals surface area contributed by atoms with Crippen molar-refractivity contribution in [2.75, 3.05) is 0 Å². The van der Waals surface area contributed by atoms with Crippen LogP contribution in [0, 0.1) is 71.0 Å². The van der Waals surface area contributed by atoms with Crippen LogP contribution < -0.4 is 0 Å². The van der Waals surface area contributed by atoms with E-state index in [-0.39, 0.29) is 16.2 Å². The van der Waals surface area contributed by atoms with E-state index in [1.165, 1.54) is 297 Å². The van der Waals surface area contributed by atoms with Gasteiger partial charge in [-0.15, -0.1) is 22.7 Å². The number of para-hydroxylation sites is 4. The second kappa shape index (κ2) is 29.9. The second-order valence-electron chi connectivity index (χ2n) is 45.9. The van der Waals surface area contributed by atoms with Gasteiger partial charge in [-0.2, -0.15) is 0 Å². The predicted octanol–water partition coefficient (Wildman–Crippen LogP) is 37.2. The first-order valence-electron chi connectivity index (χ1n) is 53.8. The number of hydrogen-bond donors (Lipinski definition) is 0. The minimum absolute atomic E-state index is 0.154. The summed E-state index contributed by atoms with van der Waals surface area (Å²) >= 11 is 3.84. The zero-order chi connectivity index (χ0) is 93.4. The van der Waals surface area contributed by atoms with Gasteiger partial charge in [0.2, 0.25) is 0 Å². The van der Waals surface area contributed by atoms with Crippen molar-refractivity contribution < 1.29 is 4.42 Å². The molecule has 0 radical (unpaired) electrons. The molecule has 15 aliphatic rings. The molecule has 6 heteroatoms. The highest BCUT2D eigenvalue weighted by Crippen LogP contribution is 2.74. The molecule has 0 N–H and O–H groups in total. The van der Waals surface area contributed by atoms with Gasteiger partial charge in [0.15, 0.2) is 0 Å². The van der Waals surface area contributed by atoms with Crippen molar-refractivity contribution in [1.82, 2.24) is 13.7 Å². The normalized spacial score (nSPS) is 25.2. The summed E-state index contributed by atoms with van der Waals surface area (Å²) in [7, 11) is 0. The molecule has 0 atom stereocenters. The van der Waals surface area contributed by atoms with Crippen molar-refractivity contribution in [2.45, 2.75) is 113 Å². The Hall–Kier alpha value is -14.4. The van der Waals surface area contributed by atoms with E-state index in [9.17, 15) is 0 Å². The molecule has 0 amide bonds. The monoisotopic (exact) mass is 1880 g/mol. The molecule has 0 aliphatic heterocycles. The first kappa shape index (κ1) is 81.1. The molecule has 144 heavy (non-hydrogen) atoms. The number of benzene rings is 18. The van der Waals surface area contributed by atoms with E-state index >= 15 is 0 Å². The van der Waals surface area contributed by atoms with Gasteiger partial charge in [0.1, 0.15) is 11.2 Å². The fraction of sp³-hybridized carbons (Fsp3) is 0.217. The Morgan fingerprint density at radius 2 is 0.528 bits per heavy atom. The highest BCUT2D eigenvalue weighted by molar-refractivity contribution is 7.26. The van der Waals surface area contributed by atoms with Crippen LogP contribution in [-0.4, -0.2) is 13.7 Å². The summed E-state index contributed by atoms with van der Waals surface area (Å²) in [6.45, 7) is 0. The van der Waals surface area contributed by atoms with Crippen molar-refractivity contribution in [3.63, 3.8) is 0 Å². The molecule has 0 unspecified atom stereocenters. The maximum Gasteiger partial charge on any atom is 0.136 e. The van der Waals surface area contributed by atoms with Crippen LogP contribution in [0.3, 0.4) is 0 Å². The zero-order valence-electron chi connectivity index (χ0n) is 80.5. The summed E-state index contributed by atoms with van der Waals surface area (Å²) in [6, 6.07) is 146. The zero-order valence-corrected chi connectivity index (χ0v) is 82.1. The number of nitrogens with zero attached hydrogens (tertiary/aromatic N) is 3. The third-order valence-electron chi connectivity index (χ3n) is 39.6. The van der Waals surface area contributed by atoms with Crippen molar-refractivity contribution in [3.8, 4) is 83.8 Å². The smallest absolute Gasteiger partial charge is 0.136 e. The van der Waals surface area contributed by atoms with Gasteiger partial charge in [-0.1, -0.05) is 273 Å². The van der Waals surface area contributed by atoms with Gasteiger partial charge in [-0.05, 0) is 371 Å². The highest BCUT2D eigenvalue weighted by Gasteiger charge is 2.65. The molecule has 3 spiro atoms. The van der Waals surface area contributed by atoms with Crippen molar-refractivity contribution in [1.29, 1.82) is 0 Å². The maximum absolute atomic E-state index is 6.30. The van der Waals surface area contributed by atoms with Crippen LogP contribution in [0.4, 0.5) is 0 Å². The summed E-state index contributed by atoms with van der Waals surface area (Å²) in [5, 5.41) is 15.7. The third kappa shape index (κ3) is 10.9. The van der Waals surface area contributed by atoms with E-state index in [4.69, 9.17) is 4.42 Å². The quantitative estimate of drug-likeness (QED) is 0.163. The molecule has 0 saturated heterocycles. The van der Waals surface area contributed by atoms with Crippen LogP contribution in [-0.2, 0) is 16.2 Å². The van der Waals surface area contributed by atoms with Crippen molar-refractivity contribution in [2.24, 2.45) is 71.0 Å². The molecule has 6 heterocycles. The predicted molar refractivity (Wildman–Crippen MR) is 601 cm³/mol. The molecule has 15 aliphatic carbocycles. The Bertz CT molecular complexity index is 9620. The number of fused-ring (bicyclic) bond motifs is 27. The first-order chi connectivity index (χ1) is 71.3. The summed E-state index contributed by atoms with van der Waals surface area (Å²) in [6.07, 6.45) is 21.3. The van der Waals surface area contributed by atoms with Gasteiger partial charge in [0.05, 0.1) is 33.1 Å². The highest BCUT2D eigenvalue weighted by atomic mass is 32.1. The van der Waals surface area contributed by atoms with Crippen LogP contribution in [0.25, 0.3) is 212 Å². The summed E-state index contributed by atoms with van der Waals surface area (Å²) in [5.74, 6) is 10.2. The van der Waals surface area contributed by atoms with Crippen molar-refractivity contribution in [3.05, 3.63) is 416 Å². The topological polar surface area (TPSA) is 27.9 Å². The van der Waals surface area contributed by atoms with E-state index in [0.29, 0.717) is 0 Å². The largest absolute Gasteiger partial charge is 0.456 e. The van der Waals surface area contributed by atoms with Gasteiger partial charge in [0.25, 0.3) is 0 Å². The lowest BCUT2D eigenvalue weighted by atomic mass is 9.43. The summed E-state index contributed by atoms with van der Waals surface area (Å²) in [4.78, 5) is 0. The van der Waals surface area contributed by atoms with Crippen LogP contribution in [0.2, 0.25) is 0 Å². The van der Waals surface area contributed by atoms with E-state index in [1.54, 1.807) is 33.4 Å². The van der Waals surface area contributed by atoms with E-state index in [0.717, 1.165) is 82.2 Å². The Labute approximate surface area is 844 Å². The Morgan fingerprint density at radius 3 is 1.04 bits per heavy atom. The molecule has 4 nitrogen and oxygen atoms in total. The summed E-state index contributed by atoms with van der Waals surface area (Å²) < 4.78 is 19.4. The second-order valence-corrected chi connectivity index (χ2v) is 48.0. The molecule has 12 saturated carbocycles. The number of hydrogen-bond acceptors (Lipinski definition) is 3. The molecular weight excluding hydrogens is 1780 g/mol. The van der Waals surface area contributed by atoms with E-state index < -0.39 is 0 Å². The van der Waals surface area contributed by atoms with Crippen molar-refractivity contribution >= 4 is 150 Å². The fourth-order valence-corrected chi connectivity index (χ4v) is 37.5. The van der Waals surface area contributed by atoms with Crippen LogP contribution >= 0.6 is 22.7 Å². The Kier molecular flexibility index (Phi) is 16.8. The van der Waals surface area contributed by atoms with Gasteiger partial charge in [0, 0.05) is 122 Å². The van der Waals surface area contributed by atoms with Gasteiger partial charge < -0.3 is 18.1 Å². The first-order valence-corrected chi connectivity index (χ1v) is 55.5. The van der Waals surface area contributed by atoms with E-state index in [2.05, 4.69) is 390 Å². The third-order valence-corrected chi connectivity index (χ3v) is 42.0. The molecular formula is C138H105N3OS2. The van der Waals surface area contributed by atoms with Crippen LogP contribution in [0.15, 0.2) is 387 Å². The number of aromatic nitrogens is 3. The van der Waals surface area contributed by atoms with Gasteiger partial charge >= 0.3 is 0 Å².